The predicted molar refractivity (Wildman–Crippen MR) is 54.1 cm³/mol. The first-order valence-electron chi connectivity index (χ1n) is 4.49. The van der Waals surface area contributed by atoms with Gasteiger partial charge in [-0.3, -0.25) is 0 Å². The molecule has 0 aromatic carbocycles. The maximum Gasteiger partial charge on any atom is 0.384 e. The number of hydrogen-bond donors (Lipinski definition) is 1. The lowest BCUT2D eigenvalue weighted by atomic mass is 10.3. The smallest absolute Gasteiger partial charge is 0.384 e. The van der Waals surface area contributed by atoms with Crippen LogP contribution in [0.4, 0.5) is 0 Å². The van der Waals surface area contributed by atoms with Gasteiger partial charge in [0.1, 0.15) is 5.75 Å². The quantitative estimate of drug-likeness (QED) is 0.549. The Morgan fingerprint density at radius 2 is 2.33 bits per heavy atom. The molecule has 78 valence electrons. The SMILES string of the molecule is CCOC(=O)C#Cc1nc(C)ccc1O. The van der Waals surface area contributed by atoms with E-state index in [1.54, 1.807) is 19.9 Å². The zero-order chi connectivity index (χ0) is 11.3. The summed E-state index contributed by atoms with van der Waals surface area (Å²) in [7, 11) is 0. The van der Waals surface area contributed by atoms with E-state index in [9.17, 15) is 9.90 Å². The minimum atomic E-state index is -0.625. The van der Waals surface area contributed by atoms with E-state index < -0.39 is 5.97 Å². The number of carbonyl (C=O) groups is 1. The molecule has 1 N–H and O–H groups in total. The zero-order valence-electron chi connectivity index (χ0n) is 8.57. The number of ether oxygens (including phenoxy) is 1. The van der Waals surface area contributed by atoms with Crippen molar-refractivity contribution in [3.05, 3.63) is 23.5 Å². The Bertz CT molecular complexity index is 429. The molecule has 0 spiro atoms. The van der Waals surface area contributed by atoms with Crippen molar-refractivity contribution < 1.29 is 14.6 Å². The molecule has 0 bridgehead atoms. The Balaban J connectivity index is 2.88. The van der Waals surface area contributed by atoms with Crippen molar-refractivity contribution in [3.63, 3.8) is 0 Å². The largest absolute Gasteiger partial charge is 0.505 e. The lowest BCUT2D eigenvalue weighted by Crippen LogP contribution is -2.00. The van der Waals surface area contributed by atoms with Crippen LogP contribution in [0.5, 0.6) is 5.75 Å². The number of rotatable bonds is 1. The Hall–Kier alpha value is -2.02. The number of aromatic hydroxyl groups is 1. The molecular weight excluding hydrogens is 194 g/mol. The second-order valence-corrected chi connectivity index (χ2v) is 2.79. The third-order valence-corrected chi connectivity index (χ3v) is 1.57. The lowest BCUT2D eigenvalue weighted by Gasteiger charge is -1.96. The van der Waals surface area contributed by atoms with E-state index in [2.05, 4.69) is 21.6 Å². The number of carbonyl (C=O) groups excluding carboxylic acids is 1. The molecule has 4 nitrogen and oxygen atoms in total. The highest BCUT2D eigenvalue weighted by Gasteiger charge is 2.00. The fourth-order valence-electron chi connectivity index (χ4n) is 0.919. The van der Waals surface area contributed by atoms with Gasteiger partial charge in [-0.15, -0.1) is 0 Å². The topological polar surface area (TPSA) is 59.4 Å². The molecular formula is C11H11NO3. The van der Waals surface area contributed by atoms with Gasteiger partial charge in [-0.25, -0.2) is 9.78 Å². The molecule has 0 saturated heterocycles. The second kappa shape index (κ2) is 5.01. The van der Waals surface area contributed by atoms with E-state index in [0.717, 1.165) is 5.69 Å². The van der Waals surface area contributed by atoms with Gasteiger partial charge in [0.15, 0.2) is 5.69 Å². The molecule has 0 unspecified atom stereocenters. The number of pyridine rings is 1. The summed E-state index contributed by atoms with van der Waals surface area (Å²) in [6.07, 6.45) is 0. The van der Waals surface area contributed by atoms with E-state index in [1.165, 1.54) is 6.07 Å². The van der Waals surface area contributed by atoms with Crippen molar-refractivity contribution in [1.29, 1.82) is 0 Å². The summed E-state index contributed by atoms with van der Waals surface area (Å²) in [6.45, 7) is 3.75. The van der Waals surface area contributed by atoms with E-state index >= 15 is 0 Å². The number of nitrogens with zero attached hydrogens (tertiary/aromatic N) is 1. The standard InChI is InChI=1S/C11H11NO3/c1-3-15-11(14)7-5-9-10(13)6-4-8(2)12-9/h4,6,13H,3H2,1-2H3. The predicted octanol–water partition coefficient (Wildman–Crippen LogP) is 1.01. The number of hydrogen-bond acceptors (Lipinski definition) is 4. The first kappa shape index (κ1) is 11.1. The minimum absolute atomic E-state index is 0.0441. The summed E-state index contributed by atoms with van der Waals surface area (Å²) in [5.74, 6) is 4.02. The molecule has 15 heavy (non-hydrogen) atoms. The van der Waals surface area contributed by atoms with Gasteiger partial charge in [-0.1, -0.05) is 0 Å². The van der Waals surface area contributed by atoms with Crippen molar-refractivity contribution >= 4 is 5.97 Å². The molecule has 1 heterocycles. The van der Waals surface area contributed by atoms with Gasteiger partial charge in [0, 0.05) is 11.6 Å². The molecule has 1 aromatic rings. The van der Waals surface area contributed by atoms with Crippen molar-refractivity contribution in [2.75, 3.05) is 6.61 Å². The van der Waals surface area contributed by atoms with Crippen LogP contribution < -0.4 is 0 Å². The molecule has 0 aliphatic carbocycles. The fraction of sp³-hybridized carbons (Fsp3) is 0.273. The van der Waals surface area contributed by atoms with Crippen LogP contribution in [-0.2, 0) is 9.53 Å². The van der Waals surface area contributed by atoms with Crippen LogP contribution in [-0.4, -0.2) is 22.7 Å². The number of aryl methyl sites for hydroxylation is 1. The maximum absolute atomic E-state index is 10.9. The van der Waals surface area contributed by atoms with E-state index in [0.29, 0.717) is 0 Å². The van der Waals surface area contributed by atoms with Gasteiger partial charge in [0.2, 0.25) is 0 Å². The first-order valence-corrected chi connectivity index (χ1v) is 4.49. The van der Waals surface area contributed by atoms with Crippen LogP contribution in [0.15, 0.2) is 12.1 Å². The number of esters is 1. The highest BCUT2D eigenvalue weighted by molar-refractivity contribution is 5.89. The van der Waals surface area contributed by atoms with Crippen LogP contribution in [0.1, 0.15) is 18.3 Å². The average molecular weight is 205 g/mol. The molecule has 0 radical (unpaired) electrons. The molecule has 0 saturated carbocycles. The van der Waals surface area contributed by atoms with Crippen molar-refractivity contribution in [2.24, 2.45) is 0 Å². The molecule has 1 aromatic heterocycles. The minimum Gasteiger partial charge on any atom is -0.505 e. The van der Waals surface area contributed by atoms with Crippen LogP contribution in [0.3, 0.4) is 0 Å². The van der Waals surface area contributed by atoms with E-state index in [1.807, 2.05) is 0 Å². The first-order chi connectivity index (χ1) is 7.13. The zero-order valence-corrected chi connectivity index (χ0v) is 8.57. The summed E-state index contributed by atoms with van der Waals surface area (Å²) in [6, 6.07) is 3.14. The summed E-state index contributed by atoms with van der Waals surface area (Å²) in [4.78, 5) is 14.9. The lowest BCUT2D eigenvalue weighted by molar-refractivity contribution is -0.136. The summed E-state index contributed by atoms with van der Waals surface area (Å²) in [5.41, 5.74) is 0.906. The fourth-order valence-corrected chi connectivity index (χ4v) is 0.919. The molecule has 1 rings (SSSR count). The maximum atomic E-state index is 10.9. The van der Waals surface area contributed by atoms with Crippen molar-refractivity contribution in [2.45, 2.75) is 13.8 Å². The molecule has 0 amide bonds. The van der Waals surface area contributed by atoms with Crippen molar-refractivity contribution in [1.82, 2.24) is 4.98 Å². The van der Waals surface area contributed by atoms with Gasteiger partial charge in [-0.05, 0) is 31.9 Å². The molecule has 4 heteroatoms. The average Bonchev–Trinajstić information content (AvgIpc) is 2.20. The van der Waals surface area contributed by atoms with Gasteiger partial charge >= 0.3 is 5.97 Å². The second-order valence-electron chi connectivity index (χ2n) is 2.79. The van der Waals surface area contributed by atoms with E-state index in [-0.39, 0.29) is 18.1 Å². The molecule has 0 aliphatic heterocycles. The van der Waals surface area contributed by atoms with Crippen LogP contribution in [0.2, 0.25) is 0 Å². The Morgan fingerprint density at radius 3 is 3.00 bits per heavy atom. The third kappa shape index (κ3) is 3.31. The van der Waals surface area contributed by atoms with Crippen LogP contribution >= 0.6 is 0 Å². The Morgan fingerprint density at radius 1 is 1.60 bits per heavy atom. The Labute approximate surface area is 87.9 Å². The summed E-state index contributed by atoms with van der Waals surface area (Å²) >= 11 is 0. The van der Waals surface area contributed by atoms with Gasteiger partial charge in [0.25, 0.3) is 0 Å². The van der Waals surface area contributed by atoms with E-state index in [4.69, 9.17) is 0 Å². The molecule has 0 aliphatic rings. The van der Waals surface area contributed by atoms with Crippen molar-refractivity contribution in [3.8, 4) is 17.6 Å². The molecule has 0 atom stereocenters. The molecule has 0 fully saturated rings. The summed E-state index contributed by atoms with van der Waals surface area (Å²) < 4.78 is 4.61. The highest BCUT2D eigenvalue weighted by atomic mass is 16.5. The van der Waals surface area contributed by atoms with Crippen LogP contribution in [0.25, 0.3) is 0 Å². The third-order valence-electron chi connectivity index (χ3n) is 1.57. The summed E-state index contributed by atoms with van der Waals surface area (Å²) in [5, 5.41) is 9.36. The van der Waals surface area contributed by atoms with Crippen LogP contribution in [0, 0.1) is 18.8 Å². The monoisotopic (exact) mass is 205 g/mol. The highest BCUT2D eigenvalue weighted by Crippen LogP contribution is 2.12. The van der Waals surface area contributed by atoms with Gasteiger partial charge in [0.05, 0.1) is 6.61 Å². The van der Waals surface area contributed by atoms with Gasteiger partial charge < -0.3 is 9.84 Å². The number of aromatic nitrogens is 1. The van der Waals surface area contributed by atoms with Gasteiger partial charge in [-0.2, -0.15) is 0 Å². The Kier molecular flexibility index (Phi) is 3.69. The normalized spacial score (nSPS) is 8.93.